The third-order valence-electron chi connectivity index (χ3n) is 2.52. The number of hydrogen-bond donors (Lipinski definition) is 1. The average molecular weight is 217 g/mol. The van der Waals surface area contributed by atoms with Crippen molar-refractivity contribution < 1.29 is 5.11 Å². The van der Waals surface area contributed by atoms with Gasteiger partial charge in [0.05, 0.1) is 13.2 Å². The van der Waals surface area contributed by atoms with Gasteiger partial charge in [0, 0.05) is 17.8 Å². The van der Waals surface area contributed by atoms with Gasteiger partial charge in [0.1, 0.15) is 0 Å². The van der Waals surface area contributed by atoms with E-state index >= 15 is 0 Å². The lowest BCUT2D eigenvalue weighted by molar-refractivity contribution is 0.282. The minimum atomic E-state index is 0.0573. The van der Waals surface area contributed by atoms with Crippen LogP contribution in [-0.2, 0) is 6.61 Å². The van der Waals surface area contributed by atoms with Crippen LogP contribution in [0.4, 0.5) is 5.69 Å². The number of nitrogens with zero attached hydrogens (tertiary/aromatic N) is 1. The molecule has 0 aromatic heterocycles. The van der Waals surface area contributed by atoms with E-state index in [1.54, 1.807) is 0 Å². The molecule has 0 aliphatic carbocycles. The lowest BCUT2D eigenvalue weighted by atomic mass is 10.1. The Morgan fingerprint density at radius 2 is 2.19 bits per heavy atom. The molecule has 0 radical (unpaired) electrons. The van der Waals surface area contributed by atoms with Crippen LogP contribution in [0.1, 0.15) is 24.5 Å². The van der Waals surface area contributed by atoms with Crippen LogP contribution in [0.3, 0.4) is 0 Å². The highest BCUT2D eigenvalue weighted by atomic mass is 16.3. The molecule has 0 aliphatic heterocycles. The van der Waals surface area contributed by atoms with Crippen molar-refractivity contribution in [3.05, 3.63) is 29.3 Å². The fourth-order valence-corrected chi connectivity index (χ4v) is 1.81. The Morgan fingerprint density at radius 1 is 1.44 bits per heavy atom. The summed E-state index contributed by atoms with van der Waals surface area (Å²) in [6, 6.07) is 6.09. The van der Waals surface area contributed by atoms with E-state index in [1.165, 1.54) is 0 Å². The molecule has 0 aliphatic rings. The summed E-state index contributed by atoms with van der Waals surface area (Å²) in [5.74, 6) is 2.66. The predicted octanol–water partition coefficient (Wildman–Crippen LogP) is 2.34. The number of hydrogen-bond acceptors (Lipinski definition) is 2. The average Bonchev–Trinajstić information content (AvgIpc) is 2.28. The molecule has 0 unspecified atom stereocenters. The molecular formula is C14H19NO. The molecule has 0 spiro atoms. The van der Waals surface area contributed by atoms with Gasteiger partial charge in [0.25, 0.3) is 0 Å². The fourth-order valence-electron chi connectivity index (χ4n) is 1.81. The van der Waals surface area contributed by atoms with Crippen LogP contribution in [0.2, 0.25) is 0 Å². The highest BCUT2D eigenvalue weighted by Gasteiger charge is 2.09. The van der Waals surface area contributed by atoms with Crippen molar-refractivity contribution in [3.63, 3.8) is 0 Å². The Kier molecular flexibility index (Phi) is 4.88. The van der Waals surface area contributed by atoms with Gasteiger partial charge in [0.2, 0.25) is 0 Å². The Labute approximate surface area is 97.9 Å². The Bertz CT molecular complexity index is 379. The number of aliphatic hydroxyl groups is 1. The fraction of sp³-hybridized carbons (Fsp3) is 0.429. The van der Waals surface area contributed by atoms with Gasteiger partial charge < -0.3 is 10.0 Å². The third kappa shape index (κ3) is 3.01. The number of aliphatic hydroxyl groups excluding tert-OH is 1. The number of aryl methyl sites for hydroxylation is 1. The van der Waals surface area contributed by atoms with Crippen LogP contribution < -0.4 is 4.90 Å². The first-order valence-corrected chi connectivity index (χ1v) is 5.61. The second-order valence-corrected chi connectivity index (χ2v) is 3.92. The second kappa shape index (κ2) is 6.19. The smallest absolute Gasteiger partial charge is 0.0791 e. The normalized spacial score (nSPS) is 9.88. The van der Waals surface area contributed by atoms with E-state index < -0.39 is 0 Å². The molecule has 1 rings (SSSR count). The Balaban J connectivity index is 3.03. The molecule has 0 saturated heterocycles. The van der Waals surface area contributed by atoms with Gasteiger partial charge >= 0.3 is 0 Å². The van der Waals surface area contributed by atoms with Gasteiger partial charge in [-0.1, -0.05) is 30.5 Å². The standard InChI is InChI=1S/C14H19NO/c1-4-8-15(9-5-2)14-7-6-12(3)10-13(14)11-16/h1,6-7,10,16H,5,8-9,11H2,2-3H3. The third-order valence-corrected chi connectivity index (χ3v) is 2.52. The number of benzene rings is 1. The topological polar surface area (TPSA) is 23.5 Å². The SMILES string of the molecule is C#CCN(CCC)c1ccc(C)cc1CO. The zero-order chi connectivity index (χ0) is 12.0. The molecular weight excluding hydrogens is 198 g/mol. The molecule has 0 bridgehead atoms. The van der Waals surface area contributed by atoms with Gasteiger partial charge in [-0.2, -0.15) is 0 Å². The maximum atomic E-state index is 9.35. The van der Waals surface area contributed by atoms with E-state index in [9.17, 15) is 5.11 Å². The van der Waals surface area contributed by atoms with Crippen LogP contribution in [0, 0.1) is 19.3 Å². The molecule has 1 aromatic carbocycles. The first-order valence-electron chi connectivity index (χ1n) is 5.61. The summed E-state index contributed by atoms with van der Waals surface area (Å²) in [5.41, 5.74) is 3.15. The lowest BCUT2D eigenvalue weighted by Gasteiger charge is -2.24. The van der Waals surface area contributed by atoms with E-state index in [0.717, 1.165) is 29.8 Å². The zero-order valence-corrected chi connectivity index (χ0v) is 10.0. The summed E-state index contributed by atoms with van der Waals surface area (Å²) in [6.07, 6.45) is 6.41. The predicted molar refractivity (Wildman–Crippen MR) is 68.4 cm³/mol. The summed E-state index contributed by atoms with van der Waals surface area (Å²) in [5, 5.41) is 9.35. The maximum absolute atomic E-state index is 9.35. The molecule has 16 heavy (non-hydrogen) atoms. The molecule has 2 nitrogen and oxygen atoms in total. The maximum Gasteiger partial charge on any atom is 0.0791 e. The summed E-state index contributed by atoms with van der Waals surface area (Å²) in [6.45, 7) is 5.70. The van der Waals surface area contributed by atoms with E-state index in [2.05, 4.69) is 17.7 Å². The van der Waals surface area contributed by atoms with E-state index in [4.69, 9.17) is 6.42 Å². The molecule has 86 valence electrons. The van der Waals surface area contributed by atoms with Crippen molar-refractivity contribution in [2.45, 2.75) is 26.9 Å². The molecule has 0 atom stereocenters. The number of terminal acetylenes is 1. The number of rotatable bonds is 5. The molecule has 0 amide bonds. The molecule has 0 heterocycles. The number of anilines is 1. The summed E-state index contributed by atoms with van der Waals surface area (Å²) < 4.78 is 0. The van der Waals surface area contributed by atoms with Crippen LogP contribution >= 0.6 is 0 Å². The molecule has 1 aromatic rings. The van der Waals surface area contributed by atoms with E-state index in [1.807, 2.05) is 25.1 Å². The minimum absolute atomic E-state index is 0.0573. The van der Waals surface area contributed by atoms with Crippen molar-refractivity contribution in [1.29, 1.82) is 0 Å². The highest BCUT2D eigenvalue weighted by Crippen LogP contribution is 2.22. The van der Waals surface area contributed by atoms with Gasteiger partial charge in [-0.25, -0.2) is 0 Å². The van der Waals surface area contributed by atoms with Crippen molar-refractivity contribution >= 4 is 5.69 Å². The molecule has 0 saturated carbocycles. The quantitative estimate of drug-likeness (QED) is 0.765. The summed E-state index contributed by atoms with van der Waals surface area (Å²) >= 11 is 0. The van der Waals surface area contributed by atoms with E-state index in [-0.39, 0.29) is 6.61 Å². The van der Waals surface area contributed by atoms with Crippen LogP contribution in [0.5, 0.6) is 0 Å². The monoisotopic (exact) mass is 217 g/mol. The Morgan fingerprint density at radius 3 is 2.75 bits per heavy atom. The highest BCUT2D eigenvalue weighted by molar-refractivity contribution is 5.55. The lowest BCUT2D eigenvalue weighted by Crippen LogP contribution is -2.25. The molecule has 1 N–H and O–H groups in total. The van der Waals surface area contributed by atoms with Crippen LogP contribution in [0.15, 0.2) is 18.2 Å². The second-order valence-electron chi connectivity index (χ2n) is 3.92. The molecule has 0 fully saturated rings. The first kappa shape index (κ1) is 12.6. The summed E-state index contributed by atoms with van der Waals surface area (Å²) in [4.78, 5) is 2.13. The zero-order valence-electron chi connectivity index (χ0n) is 10.0. The van der Waals surface area contributed by atoms with Crippen molar-refractivity contribution in [2.75, 3.05) is 18.0 Å². The Hall–Kier alpha value is -1.46. The van der Waals surface area contributed by atoms with Crippen LogP contribution in [-0.4, -0.2) is 18.2 Å². The van der Waals surface area contributed by atoms with Gasteiger partial charge in [-0.15, -0.1) is 6.42 Å². The molecule has 2 heteroatoms. The van der Waals surface area contributed by atoms with Crippen molar-refractivity contribution in [2.24, 2.45) is 0 Å². The summed E-state index contributed by atoms with van der Waals surface area (Å²) in [7, 11) is 0. The largest absolute Gasteiger partial charge is 0.392 e. The van der Waals surface area contributed by atoms with Gasteiger partial charge in [0.15, 0.2) is 0 Å². The van der Waals surface area contributed by atoms with Gasteiger partial charge in [-0.3, -0.25) is 0 Å². The van der Waals surface area contributed by atoms with Crippen molar-refractivity contribution in [3.8, 4) is 12.3 Å². The van der Waals surface area contributed by atoms with Crippen LogP contribution in [0.25, 0.3) is 0 Å². The minimum Gasteiger partial charge on any atom is -0.392 e. The van der Waals surface area contributed by atoms with Gasteiger partial charge in [-0.05, 0) is 19.4 Å². The van der Waals surface area contributed by atoms with E-state index in [0.29, 0.717) is 6.54 Å². The first-order chi connectivity index (χ1) is 7.72. The van der Waals surface area contributed by atoms with Crippen molar-refractivity contribution in [1.82, 2.24) is 0 Å².